The number of hydrogen-bond acceptors (Lipinski definition) is 2. The largest absolute Gasteiger partial charge is 0.309 e. The van der Waals surface area contributed by atoms with Crippen LogP contribution in [0.5, 0.6) is 0 Å². The molecule has 18 heavy (non-hydrogen) atoms. The van der Waals surface area contributed by atoms with Crippen LogP contribution in [-0.2, 0) is 0 Å². The molecular weight excluding hydrogens is 220 g/mol. The zero-order valence-electron chi connectivity index (χ0n) is 11.8. The summed E-state index contributed by atoms with van der Waals surface area (Å²) in [6.07, 6.45) is 8.36. The van der Waals surface area contributed by atoms with Gasteiger partial charge in [0.05, 0.1) is 12.0 Å². The Morgan fingerprint density at radius 2 is 1.61 bits per heavy atom. The Hall–Kier alpha value is -0.550. The van der Waals surface area contributed by atoms with E-state index in [0.29, 0.717) is 5.92 Å². The Kier molecular flexibility index (Phi) is 3.36. The van der Waals surface area contributed by atoms with Crippen LogP contribution in [0, 0.1) is 46.8 Å². The Labute approximate surface area is 111 Å². The van der Waals surface area contributed by atoms with Crippen molar-refractivity contribution in [3.8, 4) is 6.07 Å². The normalized spacial score (nSPS) is 43.1. The summed E-state index contributed by atoms with van der Waals surface area (Å²) in [5, 5.41) is 9.55. The van der Waals surface area contributed by atoms with Gasteiger partial charge < -0.3 is 4.90 Å². The van der Waals surface area contributed by atoms with Gasteiger partial charge in [0.2, 0.25) is 0 Å². The SMILES string of the molecule is CN(C)CCC(C#N)C1C2CC3CC(C2)CC1C3. The molecule has 0 N–H and O–H groups in total. The summed E-state index contributed by atoms with van der Waals surface area (Å²) in [5.74, 6) is 4.90. The van der Waals surface area contributed by atoms with Crippen molar-refractivity contribution in [1.29, 1.82) is 5.26 Å². The van der Waals surface area contributed by atoms with Gasteiger partial charge in [0.25, 0.3) is 0 Å². The highest BCUT2D eigenvalue weighted by Gasteiger charge is 2.50. The van der Waals surface area contributed by atoms with Crippen molar-refractivity contribution in [3.05, 3.63) is 0 Å². The molecule has 0 radical (unpaired) electrons. The zero-order valence-corrected chi connectivity index (χ0v) is 11.8. The molecule has 4 bridgehead atoms. The number of nitriles is 1. The molecule has 0 aromatic heterocycles. The highest BCUT2D eigenvalue weighted by molar-refractivity contribution is 5.04. The molecule has 100 valence electrons. The molecule has 0 aromatic rings. The Bertz CT molecular complexity index is 313. The van der Waals surface area contributed by atoms with Crippen LogP contribution in [0.4, 0.5) is 0 Å². The van der Waals surface area contributed by atoms with E-state index in [2.05, 4.69) is 25.1 Å². The first-order valence-corrected chi connectivity index (χ1v) is 7.71. The summed E-state index contributed by atoms with van der Waals surface area (Å²) in [6, 6.07) is 2.66. The summed E-state index contributed by atoms with van der Waals surface area (Å²) >= 11 is 0. The zero-order chi connectivity index (χ0) is 12.7. The number of hydrogen-bond donors (Lipinski definition) is 0. The van der Waals surface area contributed by atoms with Gasteiger partial charge >= 0.3 is 0 Å². The third-order valence-electron chi connectivity index (χ3n) is 5.82. The minimum Gasteiger partial charge on any atom is -0.309 e. The van der Waals surface area contributed by atoms with E-state index in [0.717, 1.165) is 42.6 Å². The maximum absolute atomic E-state index is 9.55. The predicted molar refractivity (Wildman–Crippen MR) is 72.8 cm³/mol. The second-order valence-electron chi connectivity index (χ2n) is 7.34. The van der Waals surface area contributed by atoms with Crippen molar-refractivity contribution in [1.82, 2.24) is 4.90 Å². The number of nitrogens with zero attached hydrogens (tertiary/aromatic N) is 2. The fraction of sp³-hybridized carbons (Fsp3) is 0.938. The van der Waals surface area contributed by atoms with Crippen LogP contribution < -0.4 is 0 Å². The van der Waals surface area contributed by atoms with Crippen molar-refractivity contribution < 1.29 is 0 Å². The summed E-state index contributed by atoms with van der Waals surface area (Å²) in [4.78, 5) is 2.22. The van der Waals surface area contributed by atoms with E-state index in [4.69, 9.17) is 0 Å². The third-order valence-corrected chi connectivity index (χ3v) is 5.82. The van der Waals surface area contributed by atoms with Gasteiger partial charge in [0.1, 0.15) is 0 Å². The van der Waals surface area contributed by atoms with Gasteiger partial charge in [-0.3, -0.25) is 0 Å². The van der Waals surface area contributed by atoms with Gasteiger partial charge in [-0.05, 0) is 88.8 Å². The van der Waals surface area contributed by atoms with Crippen LogP contribution in [0.2, 0.25) is 0 Å². The van der Waals surface area contributed by atoms with Crippen molar-refractivity contribution in [2.75, 3.05) is 20.6 Å². The molecule has 2 heteroatoms. The first-order chi connectivity index (χ1) is 8.67. The first kappa shape index (κ1) is 12.5. The molecule has 0 saturated heterocycles. The van der Waals surface area contributed by atoms with E-state index < -0.39 is 0 Å². The number of rotatable bonds is 4. The van der Waals surface area contributed by atoms with Crippen LogP contribution >= 0.6 is 0 Å². The lowest BCUT2D eigenvalue weighted by atomic mass is 9.49. The Balaban J connectivity index is 1.69. The van der Waals surface area contributed by atoms with Crippen LogP contribution in [-0.4, -0.2) is 25.5 Å². The van der Waals surface area contributed by atoms with Crippen LogP contribution in [0.1, 0.15) is 38.5 Å². The molecular formula is C16H26N2. The van der Waals surface area contributed by atoms with Crippen LogP contribution in [0.3, 0.4) is 0 Å². The smallest absolute Gasteiger partial charge is 0.0659 e. The molecule has 1 unspecified atom stereocenters. The molecule has 0 heterocycles. The molecule has 0 amide bonds. The van der Waals surface area contributed by atoms with E-state index >= 15 is 0 Å². The van der Waals surface area contributed by atoms with Crippen LogP contribution in [0.25, 0.3) is 0 Å². The topological polar surface area (TPSA) is 27.0 Å². The van der Waals surface area contributed by atoms with E-state index in [1.807, 2.05) is 0 Å². The molecule has 4 rings (SSSR count). The summed E-state index contributed by atoms with van der Waals surface area (Å²) in [6.45, 7) is 1.07. The van der Waals surface area contributed by atoms with Crippen LogP contribution in [0.15, 0.2) is 0 Å². The molecule has 4 fully saturated rings. The molecule has 4 saturated carbocycles. The predicted octanol–water partition coefficient (Wildman–Crippen LogP) is 3.15. The molecule has 0 aliphatic heterocycles. The Morgan fingerprint density at radius 3 is 2.06 bits per heavy atom. The van der Waals surface area contributed by atoms with Gasteiger partial charge in [-0.1, -0.05) is 0 Å². The average Bonchev–Trinajstić information content (AvgIpc) is 2.31. The van der Waals surface area contributed by atoms with E-state index in [-0.39, 0.29) is 0 Å². The fourth-order valence-electron chi connectivity index (χ4n) is 5.36. The van der Waals surface area contributed by atoms with Gasteiger partial charge in [-0.25, -0.2) is 0 Å². The lowest BCUT2D eigenvalue weighted by Gasteiger charge is -2.55. The maximum atomic E-state index is 9.55. The lowest BCUT2D eigenvalue weighted by Crippen LogP contribution is -2.47. The monoisotopic (exact) mass is 246 g/mol. The van der Waals surface area contributed by atoms with Gasteiger partial charge in [-0.2, -0.15) is 5.26 Å². The van der Waals surface area contributed by atoms with Gasteiger partial charge in [0.15, 0.2) is 0 Å². The average molecular weight is 246 g/mol. The van der Waals surface area contributed by atoms with E-state index in [9.17, 15) is 5.26 Å². The highest BCUT2D eigenvalue weighted by atomic mass is 15.0. The van der Waals surface area contributed by atoms with Gasteiger partial charge in [-0.15, -0.1) is 0 Å². The summed E-state index contributed by atoms with van der Waals surface area (Å²) in [7, 11) is 4.23. The highest BCUT2D eigenvalue weighted by Crippen LogP contribution is 2.58. The fourth-order valence-corrected chi connectivity index (χ4v) is 5.36. The van der Waals surface area contributed by atoms with E-state index in [1.54, 1.807) is 0 Å². The molecule has 4 aliphatic rings. The van der Waals surface area contributed by atoms with Crippen molar-refractivity contribution in [3.63, 3.8) is 0 Å². The minimum absolute atomic E-state index is 0.322. The molecule has 0 aromatic carbocycles. The molecule has 4 aliphatic carbocycles. The first-order valence-electron chi connectivity index (χ1n) is 7.71. The second kappa shape index (κ2) is 4.85. The quantitative estimate of drug-likeness (QED) is 0.762. The summed E-state index contributed by atoms with van der Waals surface area (Å²) < 4.78 is 0. The molecule has 0 spiro atoms. The minimum atomic E-state index is 0.322. The second-order valence-corrected chi connectivity index (χ2v) is 7.34. The lowest BCUT2D eigenvalue weighted by molar-refractivity contribution is -0.0539. The molecule has 2 nitrogen and oxygen atoms in total. The van der Waals surface area contributed by atoms with E-state index in [1.165, 1.54) is 32.1 Å². The summed E-state index contributed by atoms with van der Waals surface area (Å²) in [5.41, 5.74) is 0. The van der Waals surface area contributed by atoms with Crippen molar-refractivity contribution >= 4 is 0 Å². The molecule has 1 atom stereocenters. The maximum Gasteiger partial charge on any atom is 0.0659 e. The van der Waals surface area contributed by atoms with Crippen molar-refractivity contribution in [2.45, 2.75) is 38.5 Å². The Morgan fingerprint density at radius 1 is 1.06 bits per heavy atom. The van der Waals surface area contributed by atoms with Gasteiger partial charge in [0, 0.05) is 0 Å². The third kappa shape index (κ3) is 2.18. The standard InChI is InChI=1S/C16H26N2/c1-18(2)4-3-13(10-17)16-14-6-11-5-12(8-14)9-15(16)7-11/h11-16H,3-9H2,1-2H3. The van der Waals surface area contributed by atoms with Crippen molar-refractivity contribution in [2.24, 2.45) is 35.5 Å².